The molecular weight excluding hydrogens is 269 g/mol. The van der Waals surface area contributed by atoms with E-state index in [1.54, 1.807) is 13.8 Å². The number of rotatable bonds is 3. The van der Waals surface area contributed by atoms with Gasteiger partial charge in [-0.1, -0.05) is 0 Å². The number of halogens is 1. The van der Waals surface area contributed by atoms with Crippen LogP contribution in [0.3, 0.4) is 0 Å². The first kappa shape index (κ1) is 14.0. The number of nitrogens with zero attached hydrogens (tertiary/aromatic N) is 1. The molecule has 6 nitrogen and oxygen atoms in total. The zero-order valence-electron chi connectivity index (χ0n) is 10.9. The summed E-state index contributed by atoms with van der Waals surface area (Å²) in [7, 11) is 0. The minimum Gasteiger partial charge on any atom is -0.462 e. The van der Waals surface area contributed by atoms with Crippen molar-refractivity contribution >= 4 is 16.9 Å². The van der Waals surface area contributed by atoms with Crippen molar-refractivity contribution in [1.29, 1.82) is 0 Å². The van der Waals surface area contributed by atoms with Gasteiger partial charge >= 0.3 is 17.4 Å². The van der Waals surface area contributed by atoms with Gasteiger partial charge in [0.25, 0.3) is 0 Å². The highest BCUT2D eigenvalue weighted by Crippen LogP contribution is 2.10. The molecule has 0 saturated heterocycles. The van der Waals surface area contributed by atoms with Crippen LogP contribution in [0.15, 0.2) is 32.2 Å². The third kappa shape index (κ3) is 2.76. The summed E-state index contributed by atoms with van der Waals surface area (Å²) in [6, 6.07) is 3.26. The van der Waals surface area contributed by atoms with Crippen molar-refractivity contribution in [2.24, 2.45) is 0 Å². The quantitative estimate of drug-likeness (QED) is 0.786. The molecule has 0 fully saturated rings. The van der Waals surface area contributed by atoms with E-state index in [1.165, 1.54) is 6.07 Å². The molecule has 0 amide bonds. The Bertz CT molecular complexity index is 774. The van der Waals surface area contributed by atoms with E-state index in [4.69, 9.17) is 4.74 Å². The molecule has 0 bridgehead atoms. The van der Waals surface area contributed by atoms with Gasteiger partial charge in [0.15, 0.2) is 0 Å². The number of carbonyl (C=O) groups is 1. The van der Waals surface area contributed by atoms with Gasteiger partial charge in [-0.25, -0.2) is 14.0 Å². The molecule has 20 heavy (non-hydrogen) atoms. The second-order valence-corrected chi connectivity index (χ2v) is 4.44. The van der Waals surface area contributed by atoms with Gasteiger partial charge in [0.05, 0.1) is 17.0 Å². The highest BCUT2D eigenvalue weighted by molar-refractivity contribution is 5.79. The Morgan fingerprint density at radius 1 is 1.40 bits per heavy atom. The number of hydrogen-bond acceptors (Lipinski definition) is 5. The Balaban J connectivity index is 2.57. The molecule has 0 saturated carbocycles. The first-order valence-corrected chi connectivity index (χ1v) is 5.91. The number of ether oxygens (including phenoxy) is 1. The monoisotopic (exact) mass is 281 g/mol. The van der Waals surface area contributed by atoms with Crippen LogP contribution in [-0.4, -0.2) is 16.6 Å². The average Bonchev–Trinajstić information content (AvgIpc) is 2.33. The average molecular weight is 281 g/mol. The Morgan fingerprint density at radius 3 is 2.75 bits per heavy atom. The smallest absolute Gasteiger partial charge is 0.422 e. The lowest BCUT2D eigenvalue weighted by Crippen LogP contribution is -2.29. The predicted molar refractivity (Wildman–Crippen MR) is 67.9 cm³/mol. The molecule has 7 heteroatoms. The van der Waals surface area contributed by atoms with Gasteiger partial charge in [0, 0.05) is 0 Å². The molecule has 0 aliphatic rings. The van der Waals surface area contributed by atoms with Crippen LogP contribution in [0.4, 0.5) is 4.39 Å². The number of esters is 1. The minimum absolute atomic E-state index is 0.00745. The van der Waals surface area contributed by atoms with E-state index in [2.05, 4.69) is 4.42 Å². The fraction of sp³-hybridized carbons (Fsp3) is 0.308. The third-order valence-corrected chi connectivity index (χ3v) is 2.53. The minimum atomic E-state index is -1.03. The van der Waals surface area contributed by atoms with Crippen molar-refractivity contribution in [3.05, 3.63) is 45.0 Å². The summed E-state index contributed by atoms with van der Waals surface area (Å²) >= 11 is 0. The highest BCUT2D eigenvalue weighted by Gasteiger charge is 2.14. The van der Waals surface area contributed by atoms with E-state index in [1.807, 2.05) is 0 Å². The topological polar surface area (TPSA) is 78.5 Å². The maximum absolute atomic E-state index is 13.3. The van der Waals surface area contributed by atoms with Crippen LogP contribution < -0.4 is 11.4 Å². The fourth-order valence-electron chi connectivity index (χ4n) is 1.77. The molecule has 1 heterocycles. The number of benzene rings is 1. The molecule has 106 valence electrons. The van der Waals surface area contributed by atoms with Gasteiger partial charge in [-0.3, -0.25) is 9.36 Å². The lowest BCUT2D eigenvalue weighted by molar-refractivity contribution is -0.148. The van der Waals surface area contributed by atoms with Gasteiger partial charge in [0.2, 0.25) is 0 Å². The van der Waals surface area contributed by atoms with Crippen LogP contribution in [0.25, 0.3) is 10.9 Å². The first-order chi connectivity index (χ1) is 9.38. The van der Waals surface area contributed by atoms with E-state index < -0.39 is 29.7 Å². The Hall–Kier alpha value is -2.44. The van der Waals surface area contributed by atoms with Crippen molar-refractivity contribution in [2.45, 2.75) is 26.5 Å². The summed E-state index contributed by atoms with van der Waals surface area (Å²) in [5.74, 6) is -2.34. The van der Waals surface area contributed by atoms with Crippen LogP contribution in [0.1, 0.15) is 13.8 Å². The summed E-state index contributed by atoms with van der Waals surface area (Å²) < 4.78 is 23.5. The second kappa shape index (κ2) is 5.28. The van der Waals surface area contributed by atoms with E-state index in [0.717, 1.165) is 16.7 Å². The number of hydrogen-bond donors (Lipinski definition) is 0. The molecule has 0 radical (unpaired) electrons. The molecule has 1 aromatic heterocycles. The molecule has 2 aromatic rings. The molecule has 0 spiro atoms. The predicted octanol–water partition coefficient (Wildman–Crippen LogP) is 1.05. The van der Waals surface area contributed by atoms with Crippen LogP contribution >= 0.6 is 0 Å². The summed E-state index contributed by atoms with van der Waals surface area (Å²) in [4.78, 5) is 34.8. The number of aromatic nitrogens is 1. The lowest BCUT2D eigenvalue weighted by atomic mass is 10.2. The normalized spacial score (nSPS) is 11.0. The van der Waals surface area contributed by atoms with Crippen LogP contribution in [0.5, 0.6) is 0 Å². The number of carbonyl (C=O) groups excluding carboxylic acids is 1. The van der Waals surface area contributed by atoms with Gasteiger partial charge in [-0.2, -0.15) is 0 Å². The third-order valence-electron chi connectivity index (χ3n) is 2.53. The van der Waals surface area contributed by atoms with Gasteiger partial charge in [-0.15, -0.1) is 0 Å². The molecule has 0 unspecified atom stereocenters. The van der Waals surface area contributed by atoms with Gasteiger partial charge < -0.3 is 9.15 Å². The molecule has 2 rings (SSSR count). The van der Waals surface area contributed by atoms with Crippen LogP contribution in [0, 0.1) is 5.82 Å². The zero-order valence-corrected chi connectivity index (χ0v) is 10.9. The van der Waals surface area contributed by atoms with Crippen molar-refractivity contribution in [2.75, 3.05) is 0 Å². The van der Waals surface area contributed by atoms with Crippen molar-refractivity contribution in [3.63, 3.8) is 0 Å². The van der Waals surface area contributed by atoms with Crippen molar-refractivity contribution < 1.29 is 18.3 Å². The molecule has 1 aromatic carbocycles. The molecular formula is C13H12FNO5. The fourth-order valence-corrected chi connectivity index (χ4v) is 1.77. The summed E-state index contributed by atoms with van der Waals surface area (Å²) in [6.07, 6.45) is -0.350. The Kier molecular flexibility index (Phi) is 3.69. The highest BCUT2D eigenvalue weighted by atomic mass is 19.1. The van der Waals surface area contributed by atoms with E-state index in [9.17, 15) is 18.8 Å². The summed E-state index contributed by atoms with van der Waals surface area (Å²) in [5.41, 5.74) is -0.884. The molecule has 0 aliphatic heterocycles. The first-order valence-electron chi connectivity index (χ1n) is 5.91. The Morgan fingerprint density at radius 2 is 2.10 bits per heavy atom. The van der Waals surface area contributed by atoms with Crippen LogP contribution in [-0.2, 0) is 16.1 Å². The van der Waals surface area contributed by atoms with Gasteiger partial charge in [0.1, 0.15) is 12.4 Å². The molecule has 0 aliphatic carbocycles. The van der Waals surface area contributed by atoms with Crippen LogP contribution in [0.2, 0.25) is 0 Å². The van der Waals surface area contributed by atoms with Crippen molar-refractivity contribution in [3.8, 4) is 0 Å². The van der Waals surface area contributed by atoms with Crippen molar-refractivity contribution in [1.82, 2.24) is 4.57 Å². The maximum Gasteiger partial charge on any atom is 0.422 e. The van der Waals surface area contributed by atoms with Gasteiger partial charge in [-0.05, 0) is 32.0 Å². The standard InChI is InChI=1S/C13H12FNO5/c1-7(2)19-11(16)6-15-10-5-8(14)3-4-9(10)12(17)20-13(15)18/h3-5,7H,6H2,1-2H3. The number of fused-ring (bicyclic) bond motifs is 1. The van der Waals surface area contributed by atoms with E-state index in [0.29, 0.717) is 0 Å². The van der Waals surface area contributed by atoms with E-state index in [-0.39, 0.29) is 17.0 Å². The summed E-state index contributed by atoms with van der Waals surface area (Å²) in [5, 5.41) is 0.0170. The Labute approximate surface area is 112 Å². The summed E-state index contributed by atoms with van der Waals surface area (Å²) in [6.45, 7) is 2.86. The SMILES string of the molecule is CC(C)OC(=O)Cn1c(=O)oc(=O)c2ccc(F)cc21. The maximum atomic E-state index is 13.3. The molecule has 0 N–H and O–H groups in total. The zero-order chi connectivity index (χ0) is 14.9. The van der Waals surface area contributed by atoms with E-state index >= 15 is 0 Å². The second-order valence-electron chi connectivity index (χ2n) is 4.44. The largest absolute Gasteiger partial charge is 0.462 e. The lowest BCUT2D eigenvalue weighted by Gasteiger charge is -2.10. The molecule has 0 atom stereocenters.